The van der Waals surface area contributed by atoms with E-state index in [1.807, 2.05) is 41.8 Å². The SMILES string of the molecule is CCC(NC(=O)c1cc(C(=O)NCc2cncc(F)c2)n2c1CCCC2)c1ccccc1. The van der Waals surface area contributed by atoms with Gasteiger partial charge in [-0.15, -0.1) is 0 Å². The van der Waals surface area contributed by atoms with E-state index in [-0.39, 0.29) is 24.4 Å². The lowest BCUT2D eigenvalue weighted by molar-refractivity contribution is 0.0930. The summed E-state index contributed by atoms with van der Waals surface area (Å²) in [6, 6.07) is 12.8. The molecule has 3 heterocycles. The van der Waals surface area contributed by atoms with Gasteiger partial charge in [0.1, 0.15) is 11.5 Å². The summed E-state index contributed by atoms with van der Waals surface area (Å²) >= 11 is 0. The maximum absolute atomic E-state index is 13.4. The molecule has 6 nitrogen and oxygen atoms in total. The lowest BCUT2D eigenvalue weighted by atomic mass is 10.0. The normalized spacial score (nSPS) is 13.8. The fourth-order valence-corrected chi connectivity index (χ4v) is 4.23. The quantitative estimate of drug-likeness (QED) is 0.586. The molecule has 2 amide bonds. The molecule has 1 aromatic carbocycles. The number of nitrogens with zero attached hydrogens (tertiary/aromatic N) is 2. The minimum atomic E-state index is -0.445. The first-order chi connectivity index (χ1) is 15.6. The number of halogens is 1. The number of nitrogens with one attached hydrogen (secondary N) is 2. The molecule has 0 bridgehead atoms. The Morgan fingerprint density at radius 3 is 2.69 bits per heavy atom. The number of aromatic nitrogens is 2. The summed E-state index contributed by atoms with van der Waals surface area (Å²) in [6.07, 6.45) is 6.10. The maximum Gasteiger partial charge on any atom is 0.268 e. The second-order valence-electron chi connectivity index (χ2n) is 8.04. The summed E-state index contributed by atoms with van der Waals surface area (Å²) in [6.45, 7) is 2.90. The standard InChI is InChI=1S/C25H27FN4O2/c1-2-21(18-8-4-3-5-9-18)29-24(31)20-13-23(30-11-7-6-10-22(20)30)25(32)28-15-17-12-19(26)16-27-14-17/h3-5,8-9,12-14,16,21H,2,6-7,10-11,15H2,1H3,(H,28,32)(H,29,31). The van der Waals surface area contributed by atoms with Gasteiger partial charge in [-0.1, -0.05) is 37.3 Å². The molecule has 0 spiro atoms. The van der Waals surface area contributed by atoms with Crippen molar-refractivity contribution in [1.82, 2.24) is 20.2 Å². The van der Waals surface area contributed by atoms with Crippen LogP contribution in [0.15, 0.2) is 54.9 Å². The van der Waals surface area contributed by atoms with Crippen molar-refractivity contribution >= 4 is 11.8 Å². The zero-order valence-corrected chi connectivity index (χ0v) is 18.1. The molecule has 0 radical (unpaired) electrons. The molecule has 1 aliphatic rings. The van der Waals surface area contributed by atoms with Gasteiger partial charge in [-0.3, -0.25) is 14.6 Å². The van der Waals surface area contributed by atoms with Gasteiger partial charge in [0.2, 0.25) is 0 Å². The third kappa shape index (κ3) is 4.72. The molecular formula is C25H27FN4O2. The molecule has 1 unspecified atom stereocenters. The number of hydrogen-bond acceptors (Lipinski definition) is 3. The minimum absolute atomic E-state index is 0.0967. The van der Waals surface area contributed by atoms with E-state index in [1.54, 1.807) is 6.07 Å². The van der Waals surface area contributed by atoms with Crippen LogP contribution in [-0.2, 0) is 19.5 Å². The molecule has 3 aromatic rings. The predicted octanol–water partition coefficient (Wildman–Crippen LogP) is 4.17. The van der Waals surface area contributed by atoms with Gasteiger partial charge >= 0.3 is 0 Å². The van der Waals surface area contributed by atoms with Crippen molar-refractivity contribution in [2.75, 3.05) is 0 Å². The number of fused-ring (bicyclic) bond motifs is 1. The average molecular weight is 435 g/mol. The van der Waals surface area contributed by atoms with Crippen molar-refractivity contribution in [3.63, 3.8) is 0 Å². The maximum atomic E-state index is 13.4. The van der Waals surface area contributed by atoms with E-state index in [0.717, 1.165) is 43.1 Å². The Morgan fingerprint density at radius 2 is 1.94 bits per heavy atom. The molecule has 4 rings (SSSR count). The number of amides is 2. The predicted molar refractivity (Wildman–Crippen MR) is 120 cm³/mol. The average Bonchev–Trinajstić information content (AvgIpc) is 3.21. The van der Waals surface area contributed by atoms with Gasteiger partial charge in [-0.25, -0.2) is 4.39 Å². The van der Waals surface area contributed by atoms with E-state index in [0.29, 0.717) is 23.4 Å². The van der Waals surface area contributed by atoms with Crippen LogP contribution in [0.25, 0.3) is 0 Å². The molecule has 1 aliphatic heterocycles. The fourth-order valence-electron chi connectivity index (χ4n) is 4.23. The monoisotopic (exact) mass is 434 g/mol. The number of hydrogen-bond donors (Lipinski definition) is 2. The van der Waals surface area contributed by atoms with Gasteiger partial charge in [0.05, 0.1) is 17.8 Å². The van der Waals surface area contributed by atoms with Gasteiger partial charge in [0, 0.05) is 25.0 Å². The van der Waals surface area contributed by atoms with Gasteiger partial charge in [-0.2, -0.15) is 0 Å². The summed E-state index contributed by atoms with van der Waals surface area (Å²) in [5.41, 5.74) is 3.54. The number of rotatable bonds is 7. The van der Waals surface area contributed by atoms with Crippen LogP contribution in [0.1, 0.15) is 69.9 Å². The molecule has 1 atom stereocenters. The highest BCUT2D eigenvalue weighted by Gasteiger charge is 2.26. The molecule has 7 heteroatoms. The zero-order chi connectivity index (χ0) is 22.5. The van der Waals surface area contributed by atoms with E-state index in [2.05, 4.69) is 15.6 Å². The molecule has 0 saturated carbocycles. The number of carbonyl (C=O) groups excluding carboxylic acids is 2. The molecule has 166 valence electrons. The van der Waals surface area contributed by atoms with Crippen molar-refractivity contribution < 1.29 is 14.0 Å². The van der Waals surface area contributed by atoms with Crippen LogP contribution in [0.3, 0.4) is 0 Å². The first-order valence-electron chi connectivity index (χ1n) is 11.0. The summed E-state index contributed by atoms with van der Waals surface area (Å²) in [7, 11) is 0. The summed E-state index contributed by atoms with van der Waals surface area (Å²) in [5.74, 6) is -0.897. The zero-order valence-electron chi connectivity index (χ0n) is 18.1. The van der Waals surface area contributed by atoms with E-state index in [4.69, 9.17) is 0 Å². The molecule has 32 heavy (non-hydrogen) atoms. The lowest BCUT2D eigenvalue weighted by Crippen LogP contribution is -2.29. The highest BCUT2D eigenvalue weighted by Crippen LogP contribution is 2.25. The van der Waals surface area contributed by atoms with Crippen LogP contribution in [0, 0.1) is 5.82 Å². The highest BCUT2D eigenvalue weighted by atomic mass is 19.1. The van der Waals surface area contributed by atoms with Crippen molar-refractivity contribution in [2.24, 2.45) is 0 Å². The third-order valence-electron chi connectivity index (χ3n) is 5.86. The van der Waals surface area contributed by atoms with Gasteiger partial charge in [-0.05, 0) is 48.9 Å². The molecule has 0 fully saturated rings. The number of pyridine rings is 1. The Balaban J connectivity index is 1.54. The van der Waals surface area contributed by atoms with Crippen molar-refractivity contribution in [3.05, 3.63) is 88.8 Å². The summed E-state index contributed by atoms with van der Waals surface area (Å²) < 4.78 is 15.3. The van der Waals surface area contributed by atoms with Gasteiger partial charge in [0.15, 0.2) is 0 Å². The lowest BCUT2D eigenvalue weighted by Gasteiger charge is -2.20. The van der Waals surface area contributed by atoms with Crippen LogP contribution in [0.5, 0.6) is 0 Å². The number of carbonyl (C=O) groups is 2. The van der Waals surface area contributed by atoms with E-state index < -0.39 is 5.82 Å². The van der Waals surface area contributed by atoms with Crippen LogP contribution in [0.2, 0.25) is 0 Å². The first kappa shape index (κ1) is 21.7. The fraction of sp³-hybridized carbons (Fsp3) is 0.320. The third-order valence-corrected chi connectivity index (χ3v) is 5.86. The van der Waals surface area contributed by atoms with E-state index in [1.165, 1.54) is 12.3 Å². The Hall–Kier alpha value is -3.48. The topological polar surface area (TPSA) is 76.0 Å². The highest BCUT2D eigenvalue weighted by molar-refractivity contribution is 6.00. The van der Waals surface area contributed by atoms with Gasteiger partial charge in [0.25, 0.3) is 11.8 Å². The molecule has 2 N–H and O–H groups in total. The van der Waals surface area contributed by atoms with Crippen molar-refractivity contribution in [1.29, 1.82) is 0 Å². The smallest absolute Gasteiger partial charge is 0.268 e. The summed E-state index contributed by atoms with van der Waals surface area (Å²) in [5, 5.41) is 5.96. The second-order valence-corrected chi connectivity index (χ2v) is 8.04. The largest absolute Gasteiger partial charge is 0.347 e. The van der Waals surface area contributed by atoms with Crippen LogP contribution in [-0.4, -0.2) is 21.4 Å². The first-order valence-corrected chi connectivity index (χ1v) is 11.0. The van der Waals surface area contributed by atoms with Crippen LogP contribution < -0.4 is 10.6 Å². The van der Waals surface area contributed by atoms with Crippen molar-refractivity contribution in [2.45, 2.75) is 51.7 Å². The molecular weight excluding hydrogens is 407 g/mol. The Bertz CT molecular complexity index is 1110. The molecule has 2 aromatic heterocycles. The van der Waals surface area contributed by atoms with E-state index >= 15 is 0 Å². The van der Waals surface area contributed by atoms with Crippen LogP contribution in [0.4, 0.5) is 4.39 Å². The van der Waals surface area contributed by atoms with Gasteiger partial charge < -0.3 is 15.2 Å². The Morgan fingerprint density at radius 1 is 1.12 bits per heavy atom. The van der Waals surface area contributed by atoms with Crippen LogP contribution >= 0.6 is 0 Å². The molecule has 0 saturated heterocycles. The number of benzene rings is 1. The van der Waals surface area contributed by atoms with E-state index in [9.17, 15) is 14.0 Å². The molecule has 0 aliphatic carbocycles. The summed E-state index contributed by atoms with van der Waals surface area (Å²) in [4.78, 5) is 29.9. The second kappa shape index (κ2) is 9.77. The minimum Gasteiger partial charge on any atom is -0.347 e. The Kier molecular flexibility index (Phi) is 6.63. The van der Waals surface area contributed by atoms with Crippen molar-refractivity contribution in [3.8, 4) is 0 Å². The Labute approximate surface area is 186 Å².